The summed E-state index contributed by atoms with van der Waals surface area (Å²) in [5.74, 6) is 0.320. The molecule has 2 heterocycles. The van der Waals surface area contributed by atoms with Gasteiger partial charge in [0.05, 0.1) is 12.8 Å². The van der Waals surface area contributed by atoms with Crippen molar-refractivity contribution >= 4 is 11.8 Å². The number of carbonyl (C=O) groups excluding carboxylic acids is 2. The van der Waals surface area contributed by atoms with E-state index in [1.54, 1.807) is 18.5 Å². The summed E-state index contributed by atoms with van der Waals surface area (Å²) in [5, 5.41) is 5.14. The van der Waals surface area contributed by atoms with E-state index in [0.29, 0.717) is 13.0 Å². The maximum Gasteiger partial charge on any atom is 0.287 e. The zero-order chi connectivity index (χ0) is 13.5. The molecule has 19 heavy (non-hydrogen) atoms. The molecular weight excluding hydrogens is 248 g/mol. The Hall–Kier alpha value is -2.57. The van der Waals surface area contributed by atoms with E-state index in [2.05, 4.69) is 20.6 Å². The Morgan fingerprint density at radius 2 is 2.26 bits per heavy atom. The third kappa shape index (κ3) is 3.98. The van der Waals surface area contributed by atoms with Crippen LogP contribution in [0, 0.1) is 0 Å². The molecule has 0 aliphatic heterocycles. The maximum atomic E-state index is 11.5. The number of hydrogen-bond acceptors (Lipinski definition) is 4. The van der Waals surface area contributed by atoms with Crippen molar-refractivity contribution < 1.29 is 14.0 Å². The number of aromatic amines is 1. The van der Waals surface area contributed by atoms with Crippen molar-refractivity contribution in [2.75, 3.05) is 13.1 Å². The normalized spacial score (nSPS) is 10.1. The van der Waals surface area contributed by atoms with Crippen molar-refractivity contribution in [1.82, 2.24) is 20.6 Å². The van der Waals surface area contributed by atoms with Gasteiger partial charge in [0.25, 0.3) is 5.91 Å². The highest BCUT2D eigenvalue weighted by Crippen LogP contribution is 1.98. The lowest BCUT2D eigenvalue weighted by Gasteiger charge is -2.05. The Kier molecular flexibility index (Phi) is 4.33. The zero-order valence-corrected chi connectivity index (χ0v) is 10.2. The van der Waals surface area contributed by atoms with Crippen LogP contribution in [0.4, 0.5) is 0 Å². The Morgan fingerprint density at radius 3 is 2.95 bits per heavy atom. The Balaban J connectivity index is 1.63. The number of carbonyl (C=O) groups is 2. The summed E-state index contributed by atoms with van der Waals surface area (Å²) in [5.41, 5.74) is 0. The van der Waals surface area contributed by atoms with Gasteiger partial charge in [0, 0.05) is 25.4 Å². The van der Waals surface area contributed by atoms with E-state index in [1.165, 1.54) is 12.3 Å². The van der Waals surface area contributed by atoms with Gasteiger partial charge in [0.2, 0.25) is 5.91 Å². The summed E-state index contributed by atoms with van der Waals surface area (Å²) in [6.45, 7) is 0.376. The number of imidazole rings is 1. The topological polar surface area (TPSA) is 100 Å². The maximum absolute atomic E-state index is 11.5. The molecule has 2 aromatic heterocycles. The first-order valence-corrected chi connectivity index (χ1v) is 5.82. The lowest BCUT2D eigenvalue weighted by atomic mass is 10.4. The van der Waals surface area contributed by atoms with Crippen LogP contribution in [0.15, 0.2) is 35.2 Å². The molecule has 0 spiro atoms. The highest BCUT2D eigenvalue weighted by atomic mass is 16.3. The minimum atomic E-state index is -0.411. The molecule has 0 saturated heterocycles. The SMILES string of the molecule is O=C(CNC(=O)c1ccco1)NCCc1ncc[nH]1. The van der Waals surface area contributed by atoms with Gasteiger partial charge in [0.15, 0.2) is 5.76 Å². The highest BCUT2D eigenvalue weighted by Gasteiger charge is 2.09. The molecule has 0 radical (unpaired) electrons. The van der Waals surface area contributed by atoms with E-state index < -0.39 is 5.91 Å². The van der Waals surface area contributed by atoms with Gasteiger partial charge in [-0.3, -0.25) is 9.59 Å². The van der Waals surface area contributed by atoms with Crippen molar-refractivity contribution in [3.8, 4) is 0 Å². The average molecular weight is 262 g/mol. The van der Waals surface area contributed by atoms with E-state index in [9.17, 15) is 9.59 Å². The fraction of sp³-hybridized carbons (Fsp3) is 0.250. The molecule has 0 fully saturated rings. The van der Waals surface area contributed by atoms with Crippen molar-refractivity contribution in [3.63, 3.8) is 0 Å². The van der Waals surface area contributed by atoms with Gasteiger partial charge in [-0.05, 0) is 12.1 Å². The highest BCUT2D eigenvalue weighted by molar-refractivity contribution is 5.94. The second-order valence-corrected chi connectivity index (χ2v) is 3.80. The first-order valence-electron chi connectivity index (χ1n) is 5.82. The van der Waals surface area contributed by atoms with Crippen LogP contribution in [0.1, 0.15) is 16.4 Å². The minimum Gasteiger partial charge on any atom is -0.459 e. The molecule has 7 nitrogen and oxygen atoms in total. The number of furan rings is 1. The molecule has 100 valence electrons. The molecule has 0 aromatic carbocycles. The van der Waals surface area contributed by atoms with E-state index in [-0.39, 0.29) is 18.2 Å². The van der Waals surface area contributed by atoms with Crippen LogP contribution < -0.4 is 10.6 Å². The summed E-state index contributed by atoms with van der Waals surface area (Å²) in [6.07, 6.45) is 5.39. The van der Waals surface area contributed by atoms with Crippen LogP contribution in [-0.4, -0.2) is 34.9 Å². The monoisotopic (exact) mass is 262 g/mol. The van der Waals surface area contributed by atoms with Gasteiger partial charge in [-0.2, -0.15) is 0 Å². The molecule has 0 aliphatic rings. The number of nitrogens with one attached hydrogen (secondary N) is 3. The number of hydrogen-bond donors (Lipinski definition) is 3. The summed E-state index contributed by atoms with van der Waals surface area (Å²) in [4.78, 5) is 29.9. The minimum absolute atomic E-state index is 0.0856. The van der Waals surface area contributed by atoms with Crippen molar-refractivity contribution in [2.45, 2.75) is 6.42 Å². The first kappa shape index (κ1) is 12.9. The Morgan fingerprint density at radius 1 is 1.37 bits per heavy atom. The lowest BCUT2D eigenvalue weighted by Crippen LogP contribution is -2.37. The predicted octanol–water partition coefficient (Wildman–Crippen LogP) is 0.0914. The molecule has 0 atom stereocenters. The largest absolute Gasteiger partial charge is 0.459 e. The van der Waals surface area contributed by atoms with Crippen molar-refractivity contribution in [1.29, 1.82) is 0 Å². The standard InChI is InChI=1S/C12H14N4O3/c17-11(15-4-3-10-13-5-6-14-10)8-16-12(18)9-2-1-7-19-9/h1-2,5-7H,3-4,8H2,(H,13,14)(H,15,17)(H,16,18). The molecule has 0 bridgehead atoms. The molecule has 2 rings (SSSR count). The number of amides is 2. The average Bonchev–Trinajstić information content (AvgIpc) is 3.08. The predicted molar refractivity (Wildman–Crippen MR) is 66.3 cm³/mol. The molecule has 0 unspecified atom stereocenters. The van der Waals surface area contributed by atoms with Crippen LogP contribution in [0.3, 0.4) is 0 Å². The summed E-state index contributed by atoms with van der Waals surface area (Å²) in [7, 11) is 0. The fourth-order valence-corrected chi connectivity index (χ4v) is 1.47. The molecular formula is C12H14N4O3. The van der Waals surface area contributed by atoms with Crippen LogP contribution in [0.25, 0.3) is 0 Å². The van der Waals surface area contributed by atoms with E-state index in [4.69, 9.17) is 4.42 Å². The molecule has 2 amide bonds. The smallest absolute Gasteiger partial charge is 0.287 e. The fourth-order valence-electron chi connectivity index (χ4n) is 1.47. The third-order valence-corrected chi connectivity index (χ3v) is 2.39. The van der Waals surface area contributed by atoms with E-state index in [1.807, 2.05) is 0 Å². The van der Waals surface area contributed by atoms with Gasteiger partial charge in [-0.1, -0.05) is 0 Å². The molecule has 0 aliphatic carbocycles. The van der Waals surface area contributed by atoms with Gasteiger partial charge in [-0.25, -0.2) is 4.98 Å². The first-order chi connectivity index (χ1) is 9.25. The number of H-pyrrole nitrogens is 1. The Bertz CT molecular complexity index is 519. The number of aromatic nitrogens is 2. The van der Waals surface area contributed by atoms with E-state index >= 15 is 0 Å². The molecule has 3 N–H and O–H groups in total. The molecule has 0 saturated carbocycles. The summed E-state index contributed by atoms with van der Waals surface area (Å²) >= 11 is 0. The summed E-state index contributed by atoms with van der Waals surface area (Å²) in [6, 6.07) is 3.14. The molecule has 7 heteroatoms. The summed E-state index contributed by atoms with van der Waals surface area (Å²) < 4.78 is 4.90. The second kappa shape index (κ2) is 6.39. The second-order valence-electron chi connectivity index (χ2n) is 3.80. The number of nitrogens with zero attached hydrogens (tertiary/aromatic N) is 1. The van der Waals surface area contributed by atoms with Gasteiger partial charge < -0.3 is 20.0 Å². The van der Waals surface area contributed by atoms with Gasteiger partial charge in [-0.15, -0.1) is 0 Å². The number of rotatable bonds is 6. The quantitative estimate of drug-likeness (QED) is 0.687. The van der Waals surface area contributed by atoms with Crippen molar-refractivity contribution in [2.24, 2.45) is 0 Å². The third-order valence-electron chi connectivity index (χ3n) is 2.39. The van der Waals surface area contributed by atoms with Gasteiger partial charge in [0.1, 0.15) is 5.82 Å². The zero-order valence-electron chi connectivity index (χ0n) is 10.2. The van der Waals surface area contributed by atoms with Gasteiger partial charge >= 0.3 is 0 Å². The van der Waals surface area contributed by atoms with Crippen LogP contribution >= 0.6 is 0 Å². The van der Waals surface area contributed by atoms with E-state index in [0.717, 1.165) is 5.82 Å². The van der Waals surface area contributed by atoms with Crippen molar-refractivity contribution in [3.05, 3.63) is 42.4 Å². The van der Waals surface area contributed by atoms with Crippen LogP contribution in [0.5, 0.6) is 0 Å². The lowest BCUT2D eigenvalue weighted by molar-refractivity contribution is -0.120. The van der Waals surface area contributed by atoms with Crippen LogP contribution in [-0.2, 0) is 11.2 Å². The van der Waals surface area contributed by atoms with Crippen LogP contribution in [0.2, 0.25) is 0 Å². The molecule has 2 aromatic rings. The Labute approximate surface area is 109 Å².